The summed E-state index contributed by atoms with van der Waals surface area (Å²) in [5.74, 6) is 0.411. The molecule has 1 N–H and O–H groups in total. The number of allylic oxidation sites excluding steroid dienone is 1. The fraction of sp³-hybridized carbons (Fsp3) is 0.194. The number of carbonyl (C=O) groups is 1. The highest BCUT2D eigenvalue weighted by molar-refractivity contribution is 7.07. The molecule has 4 aromatic rings. The molecule has 5 rings (SSSR count). The highest BCUT2D eigenvalue weighted by atomic mass is 32.1. The number of rotatable bonds is 5. The highest BCUT2D eigenvalue weighted by Gasteiger charge is 2.32. The summed E-state index contributed by atoms with van der Waals surface area (Å²) in [5, 5.41) is 3.06. The van der Waals surface area contributed by atoms with E-state index in [4.69, 9.17) is 9.73 Å². The molecule has 7 heteroatoms. The van der Waals surface area contributed by atoms with Crippen LogP contribution in [0.1, 0.15) is 40.8 Å². The lowest BCUT2D eigenvalue weighted by atomic mass is 9.95. The highest BCUT2D eigenvalue weighted by Crippen LogP contribution is 2.32. The number of ether oxygens (including phenoxy) is 1. The third-order valence-corrected chi connectivity index (χ3v) is 7.69. The van der Waals surface area contributed by atoms with Crippen LogP contribution in [-0.2, 0) is 4.79 Å². The van der Waals surface area contributed by atoms with Gasteiger partial charge in [-0.1, -0.05) is 71.0 Å². The average molecular weight is 524 g/mol. The van der Waals surface area contributed by atoms with Crippen LogP contribution in [0, 0.1) is 20.8 Å². The number of thiazole rings is 1. The Morgan fingerprint density at radius 3 is 2.32 bits per heavy atom. The minimum Gasteiger partial charge on any atom is -0.497 e. The number of hydrogen-bond acceptors (Lipinski definition) is 5. The average Bonchev–Trinajstić information content (AvgIpc) is 3.20. The summed E-state index contributed by atoms with van der Waals surface area (Å²) >= 11 is 1.33. The van der Waals surface area contributed by atoms with E-state index >= 15 is 0 Å². The molecule has 0 radical (unpaired) electrons. The lowest BCUT2D eigenvalue weighted by Gasteiger charge is -2.25. The molecule has 0 bridgehead atoms. The molecule has 0 fully saturated rings. The van der Waals surface area contributed by atoms with E-state index in [0.717, 1.165) is 33.5 Å². The number of methoxy groups -OCH3 is 1. The Hall–Kier alpha value is -4.23. The molecule has 0 unspecified atom stereocenters. The van der Waals surface area contributed by atoms with Crippen LogP contribution in [0.2, 0.25) is 0 Å². The minimum absolute atomic E-state index is 0.181. The molecule has 0 saturated carbocycles. The predicted molar refractivity (Wildman–Crippen MR) is 152 cm³/mol. The summed E-state index contributed by atoms with van der Waals surface area (Å²) in [6, 6.07) is 20.7. The summed E-state index contributed by atoms with van der Waals surface area (Å²) in [7, 11) is 1.61. The predicted octanol–water partition coefficient (Wildman–Crippen LogP) is 4.81. The summed E-state index contributed by atoms with van der Waals surface area (Å²) in [6.07, 6.45) is 1.88. The zero-order valence-electron chi connectivity index (χ0n) is 22.0. The Kier molecular flexibility index (Phi) is 6.87. The van der Waals surface area contributed by atoms with Gasteiger partial charge in [-0.05, 0) is 68.7 Å². The smallest absolute Gasteiger partial charge is 0.271 e. The Morgan fingerprint density at radius 2 is 1.66 bits per heavy atom. The SMILES string of the molecule is COc1ccc([C@@H]2C(C(=O)Nc3ccc(C)cc3C)=C(C)N=c3s/c(=C/c4ccc(C)cc4)c(=O)n32)cc1. The van der Waals surface area contributed by atoms with Crippen molar-refractivity contribution in [2.45, 2.75) is 33.7 Å². The van der Waals surface area contributed by atoms with Crippen LogP contribution in [0.3, 0.4) is 0 Å². The van der Waals surface area contributed by atoms with E-state index < -0.39 is 6.04 Å². The number of fused-ring (bicyclic) bond motifs is 1. The Labute approximate surface area is 225 Å². The number of anilines is 1. The van der Waals surface area contributed by atoms with E-state index in [1.54, 1.807) is 11.7 Å². The number of amides is 1. The lowest BCUT2D eigenvalue weighted by molar-refractivity contribution is -0.113. The maximum absolute atomic E-state index is 13.8. The van der Waals surface area contributed by atoms with Gasteiger partial charge in [0.2, 0.25) is 0 Å². The number of nitrogens with one attached hydrogen (secondary N) is 1. The van der Waals surface area contributed by atoms with Gasteiger partial charge in [-0.2, -0.15) is 0 Å². The van der Waals surface area contributed by atoms with Gasteiger partial charge in [-0.15, -0.1) is 0 Å². The maximum Gasteiger partial charge on any atom is 0.271 e. The van der Waals surface area contributed by atoms with Gasteiger partial charge >= 0.3 is 0 Å². The fourth-order valence-corrected chi connectivity index (χ4v) is 5.72. The molecular formula is C31H29N3O3S. The topological polar surface area (TPSA) is 72.7 Å². The monoisotopic (exact) mass is 523 g/mol. The molecule has 0 spiro atoms. The van der Waals surface area contributed by atoms with Crippen molar-refractivity contribution in [3.8, 4) is 5.75 Å². The fourth-order valence-electron chi connectivity index (χ4n) is 4.67. The first-order chi connectivity index (χ1) is 18.2. The summed E-state index contributed by atoms with van der Waals surface area (Å²) < 4.78 is 7.54. The molecule has 1 aliphatic rings. The molecule has 0 saturated heterocycles. The van der Waals surface area contributed by atoms with Crippen molar-refractivity contribution >= 4 is 29.0 Å². The normalized spacial score (nSPS) is 15.2. The number of nitrogens with zero attached hydrogens (tertiary/aromatic N) is 2. The molecule has 38 heavy (non-hydrogen) atoms. The van der Waals surface area contributed by atoms with Gasteiger partial charge < -0.3 is 10.1 Å². The van der Waals surface area contributed by atoms with Crippen LogP contribution in [0.15, 0.2) is 87.8 Å². The number of aromatic nitrogens is 1. The van der Waals surface area contributed by atoms with Crippen molar-refractivity contribution in [1.82, 2.24) is 4.57 Å². The van der Waals surface area contributed by atoms with E-state index in [1.807, 2.05) is 101 Å². The quantitative estimate of drug-likeness (QED) is 0.408. The Balaban J connectivity index is 1.66. The summed E-state index contributed by atoms with van der Waals surface area (Å²) in [5.41, 5.74) is 6.53. The molecule has 0 aliphatic carbocycles. The van der Waals surface area contributed by atoms with Gasteiger partial charge in [0.05, 0.1) is 29.0 Å². The zero-order chi connectivity index (χ0) is 27.0. The van der Waals surface area contributed by atoms with Crippen molar-refractivity contribution in [3.63, 3.8) is 0 Å². The Bertz CT molecular complexity index is 1740. The Morgan fingerprint density at radius 1 is 0.974 bits per heavy atom. The van der Waals surface area contributed by atoms with E-state index in [9.17, 15) is 9.59 Å². The van der Waals surface area contributed by atoms with Crippen molar-refractivity contribution in [2.24, 2.45) is 4.99 Å². The van der Waals surface area contributed by atoms with E-state index in [2.05, 4.69) is 5.32 Å². The van der Waals surface area contributed by atoms with E-state index in [0.29, 0.717) is 26.4 Å². The first-order valence-corrected chi connectivity index (χ1v) is 13.2. The van der Waals surface area contributed by atoms with Crippen molar-refractivity contribution in [3.05, 3.63) is 126 Å². The second-order valence-corrected chi connectivity index (χ2v) is 10.5. The summed E-state index contributed by atoms with van der Waals surface area (Å²) in [6.45, 7) is 7.83. The molecule has 1 aromatic heterocycles. The van der Waals surface area contributed by atoms with E-state index in [-0.39, 0.29) is 11.5 Å². The summed E-state index contributed by atoms with van der Waals surface area (Å²) in [4.78, 5) is 32.9. The van der Waals surface area contributed by atoms with Crippen LogP contribution in [-0.4, -0.2) is 17.6 Å². The van der Waals surface area contributed by atoms with Gasteiger partial charge in [-0.3, -0.25) is 14.2 Å². The third kappa shape index (κ3) is 4.85. The second-order valence-electron chi connectivity index (χ2n) is 9.54. The van der Waals surface area contributed by atoms with E-state index in [1.165, 1.54) is 11.3 Å². The molecule has 3 aromatic carbocycles. The van der Waals surface area contributed by atoms with Gasteiger partial charge in [0, 0.05) is 5.69 Å². The molecule has 192 valence electrons. The van der Waals surface area contributed by atoms with Crippen molar-refractivity contribution in [1.29, 1.82) is 0 Å². The third-order valence-electron chi connectivity index (χ3n) is 6.70. The van der Waals surface area contributed by atoms with Crippen LogP contribution < -0.4 is 24.9 Å². The lowest BCUT2D eigenvalue weighted by Crippen LogP contribution is -2.40. The van der Waals surface area contributed by atoms with Gasteiger partial charge in [0.15, 0.2) is 4.80 Å². The van der Waals surface area contributed by atoms with Crippen molar-refractivity contribution in [2.75, 3.05) is 12.4 Å². The van der Waals surface area contributed by atoms with Crippen molar-refractivity contribution < 1.29 is 9.53 Å². The molecule has 2 heterocycles. The molecule has 1 atom stereocenters. The standard InChI is InChI=1S/C31H29N3O3S/c1-18-6-9-22(10-7-18)17-26-30(36)34-28(23-11-13-24(37-5)14-12-23)27(21(4)32-31(34)38-26)29(35)33-25-15-8-19(2)16-20(25)3/h6-17,28H,1-5H3,(H,33,35)/b26-17+/t28-/m1/s1. The number of hydrogen-bond donors (Lipinski definition) is 1. The van der Waals surface area contributed by atoms with Gasteiger partial charge in [0.1, 0.15) is 5.75 Å². The van der Waals surface area contributed by atoms with Crippen LogP contribution in [0.25, 0.3) is 6.08 Å². The van der Waals surface area contributed by atoms with Gasteiger partial charge in [-0.25, -0.2) is 4.99 Å². The number of aryl methyl sites for hydroxylation is 3. The minimum atomic E-state index is -0.636. The van der Waals surface area contributed by atoms with Crippen LogP contribution in [0.4, 0.5) is 5.69 Å². The molecular weight excluding hydrogens is 494 g/mol. The molecule has 1 amide bonds. The maximum atomic E-state index is 13.8. The van der Waals surface area contributed by atoms with Gasteiger partial charge in [0.25, 0.3) is 11.5 Å². The second kappa shape index (κ2) is 10.3. The molecule has 6 nitrogen and oxygen atoms in total. The first kappa shape index (κ1) is 25.4. The van der Waals surface area contributed by atoms with Crippen LogP contribution >= 0.6 is 11.3 Å². The first-order valence-electron chi connectivity index (χ1n) is 12.4. The number of carbonyl (C=O) groups excluding carboxylic acids is 1. The zero-order valence-corrected chi connectivity index (χ0v) is 22.8. The number of benzene rings is 3. The largest absolute Gasteiger partial charge is 0.497 e. The molecule has 1 aliphatic heterocycles. The van der Waals surface area contributed by atoms with Crippen LogP contribution in [0.5, 0.6) is 5.75 Å².